The maximum atomic E-state index is 12.1. The maximum Gasteiger partial charge on any atom is 0.232 e. The van der Waals surface area contributed by atoms with E-state index in [1.807, 2.05) is 18.2 Å². The summed E-state index contributed by atoms with van der Waals surface area (Å²) in [7, 11) is -3.37. The van der Waals surface area contributed by atoms with Crippen molar-refractivity contribution in [3.8, 4) is 11.4 Å². The molecule has 24 heavy (non-hydrogen) atoms. The maximum absolute atomic E-state index is 12.1. The highest BCUT2D eigenvalue weighted by atomic mass is 32.2. The van der Waals surface area contributed by atoms with E-state index in [2.05, 4.69) is 19.9 Å². The van der Waals surface area contributed by atoms with Gasteiger partial charge in [-0.25, -0.2) is 13.4 Å². The third-order valence-electron chi connectivity index (χ3n) is 4.00. The molecule has 124 valence electrons. The number of nitrogens with two attached hydrogens (primary N) is 2. The molecule has 0 radical (unpaired) electrons. The second-order valence-electron chi connectivity index (χ2n) is 5.65. The first-order valence-electron chi connectivity index (χ1n) is 7.23. The Morgan fingerprint density at radius 3 is 2.75 bits per heavy atom. The number of nitrogens with one attached hydrogen (secondary N) is 1. The normalized spacial score (nSPS) is 14.3. The molecule has 5 N–H and O–H groups in total. The Labute approximate surface area is 137 Å². The van der Waals surface area contributed by atoms with Gasteiger partial charge in [-0.1, -0.05) is 12.1 Å². The number of fused-ring (bicyclic) bond motifs is 2. The zero-order valence-corrected chi connectivity index (χ0v) is 13.6. The highest BCUT2D eigenvalue weighted by Crippen LogP contribution is 2.39. The Kier molecular flexibility index (Phi) is 2.94. The van der Waals surface area contributed by atoms with Crippen molar-refractivity contribution in [2.75, 3.05) is 28.6 Å². The van der Waals surface area contributed by atoms with Crippen LogP contribution in [0.2, 0.25) is 0 Å². The van der Waals surface area contributed by atoms with Gasteiger partial charge < -0.3 is 16.5 Å². The summed E-state index contributed by atoms with van der Waals surface area (Å²) in [4.78, 5) is 15.4. The first kappa shape index (κ1) is 14.7. The number of aromatic amines is 1. The number of benzene rings is 1. The van der Waals surface area contributed by atoms with E-state index in [1.54, 1.807) is 0 Å². The fraction of sp³-hybridized carbons (Fsp3) is 0.214. The van der Waals surface area contributed by atoms with Crippen molar-refractivity contribution in [1.29, 1.82) is 0 Å². The number of hydrogen-bond acceptors (Lipinski definition) is 7. The molecule has 0 bridgehead atoms. The fourth-order valence-electron chi connectivity index (χ4n) is 3.01. The lowest BCUT2D eigenvalue weighted by molar-refractivity contribution is 0.598. The van der Waals surface area contributed by atoms with Crippen molar-refractivity contribution in [2.45, 2.75) is 6.42 Å². The van der Waals surface area contributed by atoms with Crippen LogP contribution in [0.25, 0.3) is 22.6 Å². The van der Waals surface area contributed by atoms with Gasteiger partial charge in [0, 0.05) is 12.1 Å². The Morgan fingerprint density at radius 2 is 2.00 bits per heavy atom. The van der Waals surface area contributed by atoms with Gasteiger partial charge in [0.2, 0.25) is 16.0 Å². The summed E-state index contributed by atoms with van der Waals surface area (Å²) in [5.74, 6) is 0.710. The van der Waals surface area contributed by atoms with Gasteiger partial charge in [0.1, 0.15) is 11.3 Å². The number of hydrogen-bond donors (Lipinski definition) is 3. The predicted octanol–water partition coefficient (Wildman–Crippen LogP) is 0.506. The van der Waals surface area contributed by atoms with Gasteiger partial charge in [0.05, 0.1) is 11.9 Å². The molecule has 0 saturated carbocycles. The van der Waals surface area contributed by atoms with Crippen molar-refractivity contribution < 1.29 is 8.42 Å². The summed E-state index contributed by atoms with van der Waals surface area (Å²) in [6.45, 7) is 0.417. The Morgan fingerprint density at radius 1 is 1.21 bits per heavy atom. The largest absolute Gasteiger partial charge is 0.382 e. The van der Waals surface area contributed by atoms with E-state index in [1.165, 1.54) is 10.6 Å². The number of H-pyrrole nitrogens is 1. The second kappa shape index (κ2) is 4.81. The van der Waals surface area contributed by atoms with Crippen LogP contribution in [0, 0.1) is 0 Å². The van der Waals surface area contributed by atoms with Crippen LogP contribution in [0.1, 0.15) is 5.56 Å². The van der Waals surface area contributed by atoms with Gasteiger partial charge in [-0.3, -0.25) is 4.31 Å². The molecule has 0 aliphatic carbocycles. The summed E-state index contributed by atoms with van der Waals surface area (Å²) >= 11 is 0. The van der Waals surface area contributed by atoms with E-state index in [0.29, 0.717) is 41.2 Å². The molecule has 0 unspecified atom stereocenters. The molecule has 0 saturated heterocycles. The number of imidazole rings is 1. The van der Waals surface area contributed by atoms with Crippen LogP contribution < -0.4 is 15.8 Å². The minimum atomic E-state index is -3.37. The standard InChI is InChI=1S/C14H15N7O2S/c1-24(22,23)21-6-5-7-3-2-4-8(10(7)21)12-17-9-11(15)18-14(16)20-13(9)19-12/h2-4H,5-6H2,1H3,(H5,15,16,17,18,19,20). The van der Waals surface area contributed by atoms with Crippen LogP contribution >= 0.6 is 0 Å². The lowest BCUT2D eigenvalue weighted by Gasteiger charge is -2.19. The van der Waals surface area contributed by atoms with E-state index in [4.69, 9.17) is 11.5 Å². The first-order valence-corrected chi connectivity index (χ1v) is 9.08. The molecule has 0 fully saturated rings. The zero-order valence-electron chi connectivity index (χ0n) is 12.8. The molecular formula is C14H15N7O2S. The molecule has 1 aromatic carbocycles. The van der Waals surface area contributed by atoms with Crippen LogP contribution in [0.15, 0.2) is 18.2 Å². The molecule has 2 aromatic heterocycles. The predicted molar refractivity (Wildman–Crippen MR) is 91.8 cm³/mol. The highest BCUT2D eigenvalue weighted by molar-refractivity contribution is 7.92. The average Bonchev–Trinajstić information content (AvgIpc) is 3.09. The summed E-state index contributed by atoms with van der Waals surface area (Å²) in [5, 5.41) is 0. The lowest BCUT2D eigenvalue weighted by Crippen LogP contribution is -2.28. The zero-order chi connectivity index (χ0) is 17.1. The Hall–Kier alpha value is -2.88. The van der Waals surface area contributed by atoms with Crippen molar-refractivity contribution in [3.05, 3.63) is 23.8 Å². The van der Waals surface area contributed by atoms with Gasteiger partial charge in [-0.05, 0) is 18.1 Å². The van der Waals surface area contributed by atoms with Gasteiger partial charge in [-0.2, -0.15) is 9.97 Å². The van der Waals surface area contributed by atoms with Crippen molar-refractivity contribution in [3.63, 3.8) is 0 Å². The van der Waals surface area contributed by atoms with E-state index >= 15 is 0 Å². The van der Waals surface area contributed by atoms with Gasteiger partial charge in [0.25, 0.3) is 0 Å². The first-order chi connectivity index (χ1) is 11.3. The number of sulfonamides is 1. The minimum Gasteiger partial charge on any atom is -0.382 e. The SMILES string of the molecule is CS(=O)(=O)N1CCc2cccc(-c3nc4nc(N)nc(N)c4[nH]3)c21. The third kappa shape index (κ3) is 2.14. The minimum absolute atomic E-state index is 0.0362. The molecular weight excluding hydrogens is 330 g/mol. The van der Waals surface area contributed by atoms with E-state index in [0.717, 1.165) is 5.56 Å². The third-order valence-corrected chi connectivity index (χ3v) is 5.17. The molecule has 10 heteroatoms. The van der Waals surface area contributed by atoms with Crippen molar-refractivity contribution >= 4 is 38.6 Å². The number of rotatable bonds is 2. The summed E-state index contributed by atoms with van der Waals surface area (Å²) < 4.78 is 25.6. The van der Waals surface area contributed by atoms with E-state index in [9.17, 15) is 8.42 Å². The van der Waals surface area contributed by atoms with Crippen molar-refractivity contribution in [2.24, 2.45) is 0 Å². The number of anilines is 3. The summed E-state index contributed by atoms with van der Waals surface area (Å²) in [6.07, 6.45) is 1.85. The smallest absolute Gasteiger partial charge is 0.232 e. The van der Waals surface area contributed by atoms with Crippen molar-refractivity contribution in [1.82, 2.24) is 19.9 Å². The molecule has 9 nitrogen and oxygen atoms in total. The van der Waals surface area contributed by atoms with Crippen LogP contribution in [0.3, 0.4) is 0 Å². The van der Waals surface area contributed by atoms with E-state index in [-0.39, 0.29) is 11.8 Å². The van der Waals surface area contributed by atoms with Gasteiger partial charge >= 0.3 is 0 Å². The molecule has 1 aliphatic rings. The number of aromatic nitrogens is 4. The van der Waals surface area contributed by atoms with E-state index < -0.39 is 10.0 Å². The van der Waals surface area contributed by atoms with Crippen LogP contribution in [0.4, 0.5) is 17.5 Å². The molecule has 3 heterocycles. The molecule has 4 rings (SSSR count). The number of nitrogens with zero attached hydrogens (tertiary/aromatic N) is 4. The molecule has 0 atom stereocenters. The number of para-hydroxylation sites is 1. The van der Waals surface area contributed by atoms with Crippen LogP contribution in [0.5, 0.6) is 0 Å². The van der Waals surface area contributed by atoms with Gasteiger partial charge in [0.15, 0.2) is 11.5 Å². The molecule has 1 aliphatic heterocycles. The Balaban J connectivity index is 1.96. The summed E-state index contributed by atoms with van der Waals surface area (Å²) in [6, 6.07) is 5.60. The molecule has 0 spiro atoms. The second-order valence-corrected chi connectivity index (χ2v) is 7.56. The summed E-state index contributed by atoms with van der Waals surface area (Å²) in [5.41, 5.74) is 14.5. The number of nitrogen functional groups attached to an aromatic ring is 2. The molecule has 3 aromatic rings. The quantitative estimate of drug-likeness (QED) is 0.613. The fourth-order valence-corrected chi connectivity index (χ4v) is 3.98. The van der Waals surface area contributed by atoms with Crippen LogP contribution in [-0.2, 0) is 16.4 Å². The lowest BCUT2D eigenvalue weighted by atomic mass is 10.1. The molecule has 0 amide bonds. The monoisotopic (exact) mass is 345 g/mol. The topological polar surface area (TPSA) is 144 Å². The van der Waals surface area contributed by atoms with Gasteiger partial charge in [-0.15, -0.1) is 0 Å². The highest BCUT2D eigenvalue weighted by Gasteiger charge is 2.30. The Bertz CT molecular complexity index is 1070. The van der Waals surface area contributed by atoms with Crippen LogP contribution in [-0.4, -0.2) is 41.2 Å². The average molecular weight is 345 g/mol.